The van der Waals surface area contributed by atoms with Gasteiger partial charge < -0.3 is 10.1 Å². The van der Waals surface area contributed by atoms with E-state index in [2.05, 4.69) is 38.2 Å². The molecular weight excluding hydrogens is 314 g/mol. The lowest BCUT2D eigenvalue weighted by atomic mass is 9.86. The highest BCUT2D eigenvalue weighted by atomic mass is 16.5. The van der Waals surface area contributed by atoms with Crippen LogP contribution in [0.1, 0.15) is 42.3 Å². The first-order valence-electron chi connectivity index (χ1n) is 8.34. The molecule has 4 heteroatoms. The molecule has 0 aliphatic carbocycles. The molecule has 132 valence electrons. The van der Waals surface area contributed by atoms with E-state index in [1.807, 2.05) is 18.2 Å². The van der Waals surface area contributed by atoms with Crippen molar-refractivity contribution in [1.82, 2.24) is 5.32 Å². The molecule has 25 heavy (non-hydrogen) atoms. The van der Waals surface area contributed by atoms with Crippen molar-refractivity contribution in [2.24, 2.45) is 0 Å². The molecule has 0 saturated heterocycles. The van der Waals surface area contributed by atoms with Gasteiger partial charge in [-0.3, -0.25) is 4.79 Å². The molecule has 0 spiro atoms. The van der Waals surface area contributed by atoms with Crippen LogP contribution < -0.4 is 5.32 Å². The van der Waals surface area contributed by atoms with E-state index in [4.69, 9.17) is 4.74 Å². The van der Waals surface area contributed by atoms with Crippen LogP contribution in [0.15, 0.2) is 54.6 Å². The Bertz CT molecular complexity index is 715. The van der Waals surface area contributed by atoms with E-state index in [9.17, 15) is 9.59 Å². The number of nitrogens with one attached hydrogen (secondary N) is 1. The molecule has 4 nitrogen and oxygen atoms in total. The summed E-state index contributed by atoms with van der Waals surface area (Å²) in [6, 6.07) is 16.2. The van der Waals surface area contributed by atoms with Crippen molar-refractivity contribution in [1.29, 1.82) is 0 Å². The number of ether oxygens (including phenoxy) is 1. The van der Waals surface area contributed by atoms with Crippen molar-refractivity contribution in [2.45, 2.75) is 38.6 Å². The van der Waals surface area contributed by atoms with Crippen molar-refractivity contribution in [3.05, 3.63) is 71.3 Å². The summed E-state index contributed by atoms with van der Waals surface area (Å²) in [6.07, 6.45) is 0.385. The molecule has 0 aliphatic rings. The second-order valence-electron chi connectivity index (χ2n) is 7.07. The summed E-state index contributed by atoms with van der Waals surface area (Å²) < 4.78 is 4.85. The molecule has 0 bridgehead atoms. The SMILES string of the molecule is COC(=O)[C@H](Cc1ccc(C(C)(C)C)cc1)NC(=O)c1ccccc1. The summed E-state index contributed by atoms with van der Waals surface area (Å²) in [5, 5.41) is 2.76. The molecule has 2 rings (SSSR count). The maximum atomic E-state index is 12.3. The number of hydrogen-bond acceptors (Lipinski definition) is 3. The normalized spacial score (nSPS) is 12.3. The van der Waals surface area contributed by atoms with E-state index in [0.29, 0.717) is 12.0 Å². The highest BCUT2D eigenvalue weighted by Crippen LogP contribution is 2.22. The highest BCUT2D eigenvalue weighted by Gasteiger charge is 2.23. The van der Waals surface area contributed by atoms with E-state index in [1.54, 1.807) is 24.3 Å². The summed E-state index contributed by atoms with van der Waals surface area (Å²) in [7, 11) is 1.33. The molecule has 1 amide bonds. The fourth-order valence-electron chi connectivity index (χ4n) is 2.54. The van der Waals surface area contributed by atoms with Crippen LogP contribution in [0.2, 0.25) is 0 Å². The van der Waals surface area contributed by atoms with E-state index in [0.717, 1.165) is 5.56 Å². The number of esters is 1. The lowest BCUT2D eigenvalue weighted by molar-refractivity contribution is -0.142. The van der Waals surface area contributed by atoms with Gasteiger partial charge in [-0.25, -0.2) is 4.79 Å². The van der Waals surface area contributed by atoms with Crippen LogP contribution in [0, 0.1) is 0 Å². The van der Waals surface area contributed by atoms with E-state index in [1.165, 1.54) is 12.7 Å². The fourth-order valence-corrected chi connectivity index (χ4v) is 2.54. The second kappa shape index (κ2) is 7.97. The number of hydrogen-bond donors (Lipinski definition) is 1. The summed E-state index contributed by atoms with van der Waals surface area (Å²) in [5.41, 5.74) is 2.78. The Morgan fingerprint density at radius 3 is 2.12 bits per heavy atom. The van der Waals surface area contributed by atoms with E-state index >= 15 is 0 Å². The fraction of sp³-hybridized carbons (Fsp3) is 0.333. The highest BCUT2D eigenvalue weighted by molar-refractivity contribution is 5.96. The number of carbonyl (C=O) groups is 2. The van der Waals surface area contributed by atoms with Gasteiger partial charge in [0.25, 0.3) is 5.91 Å². The molecule has 0 aliphatic heterocycles. The molecule has 0 heterocycles. The Balaban J connectivity index is 2.13. The monoisotopic (exact) mass is 339 g/mol. The zero-order chi connectivity index (χ0) is 18.4. The van der Waals surface area contributed by atoms with Gasteiger partial charge in [0.2, 0.25) is 0 Å². The van der Waals surface area contributed by atoms with E-state index in [-0.39, 0.29) is 11.3 Å². The Kier molecular flexibility index (Phi) is 5.97. The maximum Gasteiger partial charge on any atom is 0.328 e. The van der Waals surface area contributed by atoms with Gasteiger partial charge in [0, 0.05) is 12.0 Å². The molecule has 0 saturated carbocycles. The lowest BCUT2D eigenvalue weighted by Gasteiger charge is -2.20. The van der Waals surface area contributed by atoms with Crippen molar-refractivity contribution < 1.29 is 14.3 Å². The first kappa shape index (κ1) is 18.7. The van der Waals surface area contributed by atoms with Gasteiger partial charge in [-0.1, -0.05) is 63.2 Å². The van der Waals surface area contributed by atoms with Gasteiger partial charge in [0.05, 0.1) is 7.11 Å². The first-order chi connectivity index (χ1) is 11.8. The Hall–Kier alpha value is -2.62. The standard InChI is InChI=1S/C21H25NO3/c1-21(2,3)17-12-10-15(11-13-17)14-18(20(24)25-4)22-19(23)16-8-6-5-7-9-16/h5-13,18H,14H2,1-4H3,(H,22,23)/t18-/m0/s1. The van der Waals surface area contributed by atoms with Gasteiger partial charge in [-0.05, 0) is 28.7 Å². The van der Waals surface area contributed by atoms with Crippen molar-refractivity contribution >= 4 is 11.9 Å². The number of carbonyl (C=O) groups excluding carboxylic acids is 2. The third-order valence-electron chi connectivity index (χ3n) is 4.09. The van der Waals surface area contributed by atoms with Crippen LogP contribution in [0.3, 0.4) is 0 Å². The number of amides is 1. The van der Waals surface area contributed by atoms with Crippen LogP contribution in [0.4, 0.5) is 0 Å². The molecule has 1 N–H and O–H groups in total. The van der Waals surface area contributed by atoms with Crippen LogP contribution in [0.5, 0.6) is 0 Å². The summed E-state index contributed by atoms with van der Waals surface area (Å²) in [5.74, 6) is -0.744. The largest absolute Gasteiger partial charge is 0.467 e. The molecule has 0 radical (unpaired) electrons. The van der Waals surface area contributed by atoms with Crippen LogP contribution in [-0.4, -0.2) is 25.0 Å². The Morgan fingerprint density at radius 2 is 1.60 bits per heavy atom. The zero-order valence-corrected chi connectivity index (χ0v) is 15.2. The molecule has 2 aromatic carbocycles. The molecule has 1 atom stereocenters. The third kappa shape index (κ3) is 5.18. The van der Waals surface area contributed by atoms with Crippen molar-refractivity contribution in [2.75, 3.05) is 7.11 Å². The lowest BCUT2D eigenvalue weighted by Crippen LogP contribution is -2.43. The van der Waals surface area contributed by atoms with Crippen molar-refractivity contribution in [3.8, 4) is 0 Å². The summed E-state index contributed by atoms with van der Waals surface area (Å²) >= 11 is 0. The Morgan fingerprint density at radius 1 is 1.00 bits per heavy atom. The van der Waals surface area contributed by atoms with Gasteiger partial charge in [0.1, 0.15) is 6.04 Å². The summed E-state index contributed by atoms with van der Waals surface area (Å²) in [6.45, 7) is 6.46. The first-order valence-corrected chi connectivity index (χ1v) is 8.34. The smallest absolute Gasteiger partial charge is 0.328 e. The van der Waals surface area contributed by atoms with E-state index < -0.39 is 12.0 Å². The quantitative estimate of drug-likeness (QED) is 0.848. The third-order valence-corrected chi connectivity index (χ3v) is 4.09. The minimum atomic E-state index is -0.724. The maximum absolute atomic E-state index is 12.3. The number of methoxy groups -OCH3 is 1. The molecule has 0 aromatic heterocycles. The van der Waals surface area contributed by atoms with Gasteiger partial charge in [0.15, 0.2) is 0 Å². The predicted octanol–water partition coefficient (Wildman–Crippen LogP) is 3.50. The molecule has 2 aromatic rings. The van der Waals surface area contributed by atoms with Gasteiger partial charge in [-0.2, -0.15) is 0 Å². The Labute approximate surface area is 149 Å². The van der Waals surface area contributed by atoms with Gasteiger partial charge >= 0.3 is 5.97 Å². The predicted molar refractivity (Wildman–Crippen MR) is 98.6 cm³/mol. The minimum absolute atomic E-state index is 0.0712. The van der Waals surface area contributed by atoms with Crippen LogP contribution >= 0.6 is 0 Å². The van der Waals surface area contributed by atoms with Crippen molar-refractivity contribution in [3.63, 3.8) is 0 Å². The molecular formula is C21H25NO3. The average molecular weight is 339 g/mol. The zero-order valence-electron chi connectivity index (χ0n) is 15.2. The average Bonchev–Trinajstić information content (AvgIpc) is 2.60. The number of rotatable bonds is 5. The van der Waals surface area contributed by atoms with Crippen LogP contribution in [-0.2, 0) is 21.4 Å². The second-order valence-corrected chi connectivity index (χ2v) is 7.07. The molecule has 0 unspecified atom stereocenters. The number of benzene rings is 2. The minimum Gasteiger partial charge on any atom is -0.467 e. The summed E-state index contributed by atoms with van der Waals surface area (Å²) in [4.78, 5) is 24.4. The van der Waals surface area contributed by atoms with Gasteiger partial charge in [-0.15, -0.1) is 0 Å². The van der Waals surface area contributed by atoms with Crippen LogP contribution in [0.25, 0.3) is 0 Å². The topological polar surface area (TPSA) is 55.4 Å². The molecule has 0 fully saturated rings.